The number of hydrogen-bond acceptors (Lipinski definition) is 6. The van der Waals surface area contributed by atoms with Crippen molar-refractivity contribution in [3.05, 3.63) is 85.6 Å². The van der Waals surface area contributed by atoms with Gasteiger partial charge in [0, 0.05) is 17.9 Å². The fourth-order valence-corrected chi connectivity index (χ4v) is 3.59. The first-order valence-corrected chi connectivity index (χ1v) is 10.0. The molecule has 1 aromatic heterocycles. The lowest BCUT2D eigenvalue weighted by Crippen LogP contribution is -2.15. The number of amides is 1. The van der Waals surface area contributed by atoms with E-state index in [0.29, 0.717) is 10.9 Å². The molecule has 0 aliphatic carbocycles. The van der Waals surface area contributed by atoms with Gasteiger partial charge in [-0.05, 0) is 18.6 Å². The lowest BCUT2D eigenvalue weighted by atomic mass is 10.2. The van der Waals surface area contributed by atoms with E-state index in [1.807, 2.05) is 25.1 Å². The number of carbonyl (C=O) groups is 1. The van der Waals surface area contributed by atoms with E-state index < -0.39 is 10.8 Å². The molecule has 0 fully saturated rings. The Labute approximate surface area is 180 Å². The first-order valence-electron chi connectivity index (χ1n) is 8.29. The molecule has 7 nitrogen and oxygen atoms in total. The van der Waals surface area contributed by atoms with Crippen LogP contribution in [0.3, 0.4) is 0 Å². The van der Waals surface area contributed by atoms with E-state index in [4.69, 9.17) is 23.2 Å². The number of halogens is 2. The summed E-state index contributed by atoms with van der Waals surface area (Å²) in [6.07, 6.45) is 1.36. The number of aryl methyl sites for hydroxylation is 1. The molecule has 0 atom stereocenters. The molecular formula is C19H14Cl2N4O3S. The van der Waals surface area contributed by atoms with Crippen LogP contribution in [0, 0.1) is 17.0 Å². The number of rotatable bonds is 6. The van der Waals surface area contributed by atoms with Crippen LogP contribution < -0.4 is 5.32 Å². The molecule has 0 unspecified atom stereocenters. The first-order chi connectivity index (χ1) is 13.8. The fourth-order valence-electron chi connectivity index (χ4n) is 2.43. The average Bonchev–Trinajstić information content (AvgIpc) is 2.68. The number of anilines is 1. The Bertz CT molecular complexity index is 1090. The van der Waals surface area contributed by atoms with Crippen molar-refractivity contribution >= 4 is 52.2 Å². The predicted molar refractivity (Wildman–Crippen MR) is 114 cm³/mol. The van der Waals surface area contributed by atoms with E-state index in [0.717, 1.165) is 17.2 Å². The van der Waals surface area contributed by atoms with Crippen LogP contribution in [0.25, 0.3) is 0 Å². The van der Waals surface area contributed by atoms with Crippen LogP contribution >= 0.6 is 35.0 Å². The van der Waals surface area contributed by atoms with Crippen molar-refractivity contribution in [2.24, 2.45) is 0 Å². The maximum absolute atomic E-state index is 12.6. The number of nitro groups is 1. The highest BCUT2D eigenvalue weighted by Gasteiger charge is 2.17. The summed E-state index contributed by atoms with van der Waals surface area (Å²) in [6.45, 7) is 2.01. The Kier molecular flexibility index (Phi) is 6.68. The van der Waals surface area contributed by atoms with Gasteiger partial charge in [0.05, 0.1) is 26.9 Å². The van der Waals surface area contributed by atoms with Gasteiger partial charge in [-0.3, -0.25) is 14.9 Å². The highest BCUT2D eigenvalue weighted by Crippen LogP contribution is 2.28. The Morgan fingerprint density at radius 3 is 2.69 bits per heavy atom. The maximum Gasteiger partial charge on any atom is 0.276 e. The molecule has 10 heteroatoms. The summed E-state index contributed by atoms with van der Waals surface area (Å²) in [6, 6.07) is 11.8. The third-order valence-electron chi connectivity index (χ3n) is 3.80. The van der Waals surface area contributed by atoms with Gasteiger partial charge in [0.25, 0.3) is 11.6 Å². The van der Waals surface area contributed by atoms with Crippen LogP contribution in [-0.4, -0.2) is 20.8 Å². The first kappa shape index (κ1) is 21.0. The minimum absolute atomic E-state index is 0.0113. The van der Waals surface area contributed by atoms with Crippen molar-refractivity contribution < 1.29 is 9.72 Å². The maximum atomic E-state index is 12.6. The van der Waals surface area contributed by atoms with Crippen LogP contribution in [0.15, 0.2) is 53.8 Å². The molecule has 0 aliphatic rings. The summed E-state index contributed by atoms with van der Waals surface area (Å²) >= 11 is 13.5. The summed E-state index contributed by atoms with van der Waals surface area (Å²) in [4.78, 5) is 31.2. The highest BCUT2D eigenvalue weighted by molar-refractivity contribution is 7.98. The minimum Gasteiger partial charge on any atom is -0.319 e. The number of benzene rings is 2. The van der Waals surface area contributed by atoms with Crippen molar-refractivity contribution in [2.75, 3.05) is 5.32 Å². The van der Waals surface area contributed by atoms with Crippen LogP contribution in [-0.2, 0) is 5.75 Å². The van der Waals surface area contributed by atoms with Gasteiger partial charge in [-0.2, -0.15) is 0 Å². The number of non-ortho nitro benzene ring substituents is 1. The van der Waals surface area contributed by atoms with E-state index in [2.05, 4.69) is 21.4 Å². The zero-order chi connectivity index (χ0) is 21.0. The average molecular weight is 449 g/mol. The Balaban J connectivity index is 1.75. The van der Waals surface area contributed by atoms with Gasteiger partial charge in [0.15, 0.2) is 10.9 Å². The van der Waals surface area contributed by atoms with Gasteiger partial charge in [0.2, 0.25) is 0 Å². The van der Waals surface area contributed by atoms with E-state index in [-0.39, 0.29) is 27.1 Å². The van der Waals surface area contributed by atoms with Gasteiger partial charge in [-0.1, -0.05) is 64.8 Å². The molecule has 29 heavy (non-hydrogen) atoms. The summed E-state index contributed by atoms with van der Waals surface area (Å²) in [5.74, 6) is 0.0454. The fraction of sp³-hybridized carbons (Fsp3) is 0.105. The lowest BCUT2D eigenvalue weighted by Gasteiger charge is -2.09. The SMILES string of the molecule is Cc1cccc(CSc2ncc(Cl)c(C(=O)Nc3ccc([N+](=O)[O-])cc3Cl)n2)c1. The van der Waals surface area contributed by atoms with Crippen LogP contribution in [0.5, 0.6) is 0 Å². The standard InChI is InChI=1S/C19H14Cl2N4O3S/c1-11-3-2-4-12(7-11)10-29-19-22-9-15(21)17(24-19)18(26)23-16-6-5-13(25(27)28)8-14(16)20/h2-9H,10H2,1H3,(H,23,26). The van der Waals surface area contributed by atoms with E-state index in [1.54, 1.807) is 0 Å². The quantitative estimate of drug-likeness (QED) is 0.230. The molecule has 1 N–H and O–H groups in total. The normalized spacial score (nSPS) is 10.6. The van der Waals surface area contributed by atoms with E-state index >= 15 is 0 Å². The van der Waals surface area contributed by atoms with Crippen LogP contribution in [0.2, 0.25) is 10.0 Å². The molecule has 3 aromatic rings. The number of nitrogens with zero attached hydrogens (tertiary/aromatic N) is 3. The summed E-state index contributed by atoms with van der Waals surface area (Å²) in [5.41, 5.74) is 2.29. The molecule has 0 radical (unpaired) electrons. The molecule has 0 saturated heterocycles. The topological polar surface area (TPSA) is 98.0 Å². The van der Waals surface area contributed by atoms with Crippen LogP contribution in [0.1, 0.15) is 21.6 Å². The van der Waals surface area contributed by atoms with Gasteiger partial charge in [-0.25, -0.2) is 9.97 Å². The summed E-state index contributed by atoms with van der Waals surface area (Å²) in [7, 11) is 0. The molecular weight excluding hydrogens is 435 g/mol. The molecule has 0 aliphatic heterocycles. The second-order valence-electron chi connectivity index (χ2n) is 6.00. The molecule has 148 valence electrons. The Morgan fingerprint density at radius 2 is 2.00 bits per heavy atom. The van der Waals surface area contributed by atoms with Crippen molar-refractivity contribution in [3.8, 4) is 0 Å². The lowest BCUT2D eigenvalue weighted by molar-refractivity contribution is -0.384. The van der Waals surface area contributed by atoms with Gasteiger partial charge >= 0.3 is 0 Å². The third-order valence-corrected chi connectivity index (χ3v) is 5.32. The van der Waals surface area contributed by atoms with E-state index in [9.17, 15) is 14.9 Å². The van der Waals surface area contributed by atoms with Crippen molar-refractivity contribution in [2.45, 2.75) is 17.8 Å². The second kappa shape index (κ2) is 9.21. The largest absolute Gasteiger partial charge is 0.319 e. The van der Waals surface area contributed by atoms with Crippen molar-refractivity contribution in [3.63, 3.8) is 0 Å². The van der Waals surface area contributed by atoms with E-state index in [1.165, 1.54) is 30.1 Å². The van der Waals surface area contributed by atoms with Crippen molar-refractivity contribution in [1.29, 1.82) is 0 Å². The summed E-state index contributed by atoms with van der Waals surface area (Å²) in [5, 5.41) is 13.9. The predicted octanol–water partition coefficient (Wildman–Crippen LogP) is 5.54. The number of carbonyl (C=O) groups excluding carboxylic acids is 1. The number of nitro benzene ring substituents is 1. The smallest absolute Gasteiger partial charge is 0.276 e. The molecule has 2 aromatic carbocycles. The molecule has 1 amide bonds. The van der Waals surface area contributed by atoms with Gasteiger partial charge in [-0.15, -0.1) is 0 Å². The van der Waals surface area contributed by atoms with Crippen LogP contribution in [0.4, 0.5) is 11.4 Å². The monoisotopic (exact) mass is 448 g/mol. The second-order valence-corrected chi connectivity index (χ2v) is 7.76. The highest BCUT2D eigenvalue weighted by atomic mass is 35.5. The number of hydrogen-bond donors (Lipinski definition) is 1. The summed E-state index contributed by atoms with van der Waals surface area (Å²) < 4.78 is 0. The number of thioether (sulfide) groups is 1. The number of aromatic nitrogens is 2. The van der Waals surface area contributed by atoms with Crippen molar-refractivity contribution in [1.82, 2.24) is 9.97 Å². The molecule has 0 saturated carbocycles. The molecule has 0 spiro atoms. The Hall–Kier alpha value is -2.68. The minimum atomic E-state index is -0.592. The zero-order valence-corrected chi connectivity index (χ0v) is 17.4. The third kappa shape index (κ3) is 5.44. The number of nitrogens with one attached hydrogen (secondary N) is 1. The van der Waals surface area contributed by atoms with Gasteiger partial charge in [0.1, 0.15) is 0 Å². The zero-order valence-electron chi connectivity index (χ0n) is 15.1. The molecule has 3 rings (SSSR count). The Morgan fingerprint density at radius 1 is 1.21 bits per heavy atom. The molecule has 0 bridgehead atoms. The van der Waals surface area contributed by atoms with Gasteiger partial charge < -0.3 is 5.32 Å². The molecule has 1 heterocycles.